The molecule has 0 aliphatic carbocycles. The first-order chi connectivity index (χ1) is 5.79. The van der Waals surface area contributed by atoms with E-state index in [0.29, 0.717) is 0 Å². The van der Waals surface area contributed by atoms with Gasteiger partial charge in [0.15, 0.2) is 0 Å². The van der Waals surface area contributed by atoms with Gasteiger partial charge in [-0.25, -0.2) is 0 Å². The lowest BCUT2D eigenvalue weighted by Gasteiger charge is -2.02. The molecule has 0 aliphatic heterocycles. The predicted octanol–water partition coefficient (Wildman–Crippen LogP) is 3.73. The quantitative estimate of drug-likeness (QED) is 0.553. The minimum Gasteiger partial charge on any atom is -0.143 e. The number of fused-ring (bicyclic) bond motifs is 1. The van der Waals surface area contributed by atoms with Crippen LogP contribution in [-0.2, 0) is 0 Å². The van der Waals surface area contributed by atoms with E-state index in [4.69, 9.17) is 0 Å². The molecule has 0 nitrogen and oxygen atoms in total. The number of halogens is 1. The maximum Gasteiger partial charge on any atom is 0.0219 e. The van der Waals surface area contributed by atoms with Gasteiger partial charge in [-0.1, -0.05) is 24.3 Å². The highest BCUT2D eigenvalue weighted by molar-refractivity contribution is 14.1. The molecule has 2 aromatic carbocycles. The summed E-state index contributed by atoms with van der Waals surface area (Å²) in [6.07, 6.45) is 0. The van der Waals surface area contributed by atoms with Crippen molar-refractivity contribution in [3.05, 3.63) is 40.0 Å². The molecule has 2 rings (SSSR count). The average Bonchev–Trinajstić information content (AvgIpc) is 2.04. The maximum atomic E-state index is 4.42. The summed E-state index contributed by atoms with van der Waals surface area (Å²) in [5, 5.41) is 2.51. The molecule has 0 saturated carbocycles. The maximum absolute atomic E-state index is 4.42. The smallest absolute Gasteiger partial charge is 0.0219 e. The monoisotopic (exact) mass is 286 g/mol. The van der Waals surface area contributed by atoms with Crippen molar-refractivity contribution in [3.63, 3.8) is 0 Å². The van der Waals surface area contributed by atoms with Gasteiger partial charge < -0.3 is 0 Å². The summed E-state index contributed by atoms with van der Waals surface area (Å²) >= 11 is 6.75. The van der Waals surface area contributed by atoms with Crippen molar-refractivity contribution < 1.29 is 0 Å². The molecule has 12 heavy (non-hydrogen) atoms. The van der Waals surface area contributed by atoms with E-state index in [1.807, 2.05) is 12.1 Å². The van der Waals surface area contributed by atoms with E-state index in [9.17, 15) is 0 Å². The van der Waals surface area contributed by atoms with Crippen molar-refractivity contribution >= 4 is 46.0 Å². The Balaban J connectivity index is 2.96. The Hall–Kier alpha value is -0.220. The van der Waals surface area contributed by atoms with Crippen LogP contribution in [0.15, 0.2) is 41.3 Å². The number of benzene rings is 2. The predicted molar refractivity (Wildman–Crippen MR) is 63.9 cm³/mol. The first-order valence-corrected chi connectivity index (χ1v) is 5.18. The zero-order valence-corrected chi connectivity index (χ0v) is 9.34. The molecule has 0 bridgehead atoms. The molecule has 0 unspecified atom stereocenters. The molecule has 0 saturated heterocycles. The van der Waals surface area contributed by atoms with Crippen molar-refractivity contribution in [2.24, 2.45) is 0 Å². The van der Waals surface area contributed by atoms with Gasteiger partial charge in [0, 0.05) is 13.9 Å². The fourth-order valence-corrected chi connectivity index (χ4v) is 2.63. The average molecular weight is 286 g/mol. The van der Waals surface area contributed by atoms with Crippen LogP contribution in [0.25, 0.3) is 10.8 Å². The van der Waals surface area contributed by atoms with Crippen LogP contribution >= 0.6 is 35.2 Å². The highest BCUT2D eigenvalue weighted by Crippen LogP contribution is 2.26. The summed E-state index contributed by atoms with van der Waals surface area (Å²) in [6, 6.07) is 12.4. The fraction of sp³-hybridized carbons (Fsp3) is 0. The summed E-state index contributed by atoms with van der Waals surface area (Å²) < 4.78 is 1.26. The Labute approximate surface area is 90.5 Å². The molecule has 0 N–H and O–H groups in total. The van der Waals surface area contributed by atoms with Gasteiger partial charge in [-0.15, -0.1) is 12.6 Å². The molecule has 0 aromatic heterocycles. The van der Waals surface area contributed by atoms with Gasteiger partial charge in [0.05, 0.1) is 0 Å². The van der Waals surface area contributed by atoms with Crippen LogP contribution in [0.3, 0.4) is 0 Å². The third-order valence-electron chi connectivity index (χ3n) is 1.83. The lowest BCUT2D eigenvalue weighted by Crippen LogP contribution is -1.78. The Morgan fingerprint density at radius 3 is 2.33 bits per heavy atom. The highest BCUT2D eigenvalue weighted by atomic mass is 127. The molecule has 0 spiro atoms. The molecule has 0 heterocycles. The van der Waals surface area contributed by atoms with Crippen LogP contribution in [0.2, 0.25) is 0 Å². The van der Waals surface area contributed by atoms with Crippen molar-refractivity contribution in [2.75, 3.05) is 0 Å². The Morgan fingerprint density at radius 2 is 1.67 bits per heavy atom. The second-order valence-corrected chi connectivity index (χ2v) is 4.26. The molecule has 0 atom stereocenters. The van der Waals surface area contributed by atoms with Crippen LogP contribution in [0.5, 0.6) is 0 Å². The van der Waals surface area contributed by atoms with Gasteiger partial charge >= 0.3 is 0 Å². The van der Waals surface area contributed by atoms with Gasteiger partial charge in [0.25, 0.3) is 0 Å². The first-order valence-electron chi connectivity index (χ1n) is 3.65. The van der Waals surface area contributed by atoms with Gasteiger partial charge in [0.1, 0.15) is 0 Å². The van der Waals surface area contributed by atoms with E-state index in [1.165, 1.54) is 14.3 Å². The standard InChI is InChI=1S/C10H7IS/c11-8-5-1-3-7-4-2-6-9(12)10(7)8/h1-6,12H. The summed E-state index contributed by atoms with van der Waals surface area (Å²) in [5.74, 6) is 0. The largest absolute Gasteiger partial charge is 0.143 e. The minimum absolute atomic E-state index is 1.05. The molecule has 2 aromatic rings. The van der Waals surface area contributed by atoms with E-state index < -0.39 is 0 Å². The number of hydrogen-bond donors (Lipinski definition) is 1. The fourth-order valence-electron chi connectivity index (χ4n) is 1.28. The van der Waals surface area contributed by atoms with Crippen molar-refractivity contribution in [2.45, 2.75) is 4.90 Å². The lowest BCUT2D eigenvalue weighted by atomic mass is 10.1. The molecule has 60 valence electrons. The topological polar surface area (TPSA) is 0 Å². The zero-order chi connectivity index (χ0) is 8.55. The van der Waals surface area contributed by atoms with Crippen LogP contribution < -0.4 is 0 Å². The summed E-state index contributed by atoms with van der Waals surface area (Å²) in [4.78, 5) is 1.05. The van der Waals surface area contributed by atoms with Crippen molar-refractivity contribution in [3.8, 4) is 0 Å². The molecule has 0 radical (unpaired) electrons. The van der Waals surface area contributed by atoms with Crippen LogP contribution in [0.1, 0.15) is 0 Å². The number of hydrogen-bond acceptors (Lipinski definition) is 1. The third-order valence-corrected chi connectivity index (χ3v) is 3.10. The Kier molecular flexibility index (Phi) is 2.28. The van der Waals surface area contributed by atoms with E-state index in [1.54, 1.807) is 0 Å². The van der Waals surface area contributed by atoms with E-state index in [0.717, 1.165) is 4.90 Å². The van der Waals surface area contributed by atoms with Gasteiger partial charge in [0.2, 0.25) is 0 Å². The van der Waals surface area contributed by atoms with Crippen LogP contribution in [0.4, 0.5) is 0 Å². The lowest BCUT2D eigenvalue weighted by molar-refractivity contribution is 1.54. The molecule has 0 amide bonds. The second kappa shape index (κ2) is 3.26. The van der Waals surface area contributed by atoms with Gasteiger partial charge in [-0.3, -0.25) is 0 Å². The van der Waals surface area contributed by atoms with E-state index in [2.05, 4.69) is 59.5 Å². The van der Waals surface area contributed by atoms with E-state index >= 15 is 0 Å². The van der Waals surface area contributed by atoms with Crippen molar-refractivity contribution in [1.82, 2.24) is 0 Å². The molecule has 0 fully saturated rings. The normalized spacial score (nSPS) is 10.5. The minimum atomic E-state index is 1.05. The van der Waals surface area contributed by atoms with Gasteiger partial charge in [-0.05, 0) is 40.1 Å². The number of rotatable bonds is 0. The molecular weight excluding hydrogens is 279 g/mol. The first kappa shape index (κ1) is 8.38. The van der Waals surface area contributed by atoms with E-state index in [-0.39, 0.29) is 0 Å². The molecular formula is C10H7IS. The summed E-state index contributed by atoms with van der Waals surface area (Å²) in [5.41, 5.74) is 0. The van der Waals surface area contributed by atoms with Crippen LogP contribution in [-0.4, -0.2) is 0 Å². The number of thiol groups is 1. The summed E-state index contributed by atoms with van der Waals surface area (Å²) in [6.45, 7) is 0. The Bertz CT molecular complexity index is 386. The summed E-state index contributed by atoms with van der Waals surface area (Å²) in [7, 11) is 0. The Morgan fingerprint density at radius 1 is 1.00 bits per heavy atom. The third kappa shape index (κ3) is 1.33. The van der Waals surface area contributed by atoms with Crippen LogP contribution in [0, 0.1) is 3.57 Å². The highest BCUT2D eigenvalue weighted by Gasteiger charge is 1.99. The second-order valence-electron chi connectivity index (χ2n) is 2.62. The SMILES string of the molecule is Sc1cccc2cccc(I)c12. The zero-order valence-electron chi connectivity index (χ0n) is 6.29. The molecule has 0 aliphatic rings. The molecule has 2 heteroatoms. The van der Waals surface area contributed by atoms with Crippen molar-refractivity contribution in [1.29, 1.82) is 0 Å². The van der Waals surface area contributed by atoms with Gasteiger partial charge in [-0.2, -0.15) is 0 Å².